The van der Waals surface area contributed by atoms with Crippen molar-refractivity contribution in [3.8, 4) is 0 Å². The largest absolute Gasteiger partial charge is 0.743 e. The summed E-state index contributed by atoms with van der Waals surface area (Å²) < 4.78 is 32.2. The van der Waals surface area contributed by atoms with Gasteiger partial charge in [-0.2, -0.15) is 0 Å². The summed E-state index contributed by atoms with van der Waals surface area (Å²) in [5.74, 6) is 0. The van der Waals surface area contributed by atoms with Crippen molar-refractivity contribution in [2.75, 3.05) is 33.4 Å². The Balaban J connectivity index is 4.81. The summed E-state index contributed by atoms with van der Waals surface area (Å²) in [6.07, 6.45) is 0. The van der Waals surface area contributed by atoms with E-state index in [2.05, 4.69) is 0 Å². The van der Waals surface area contributed by atoms with E-state index in [1.807, 2.05) is 0 Å². The first-order valence-corrected chi connectivity index (χ1v) is 5.75. The third-order valence-corrected chi connectivity index (χ3v) is 3.86. The monoisotopic (exact) mass is 227 g/mol. The Labute approximate surface area is 84.1 Å². The number of aliphatic hydroxyl groups excluding tert-OH is 2. The molecule has 0 aliphatic heterocycles. The topological polar surface area (TPSA) is 97.7 Å². The minimum Gasteiger partial charge on any atom is -0.743 e. The van der Waals surface area contributed by atoms with Crippen molar-refractivity contribution in [1.29, 1.82) is 0 Å². The first-order valence-electron chi connectivity index (χ1n) is 4.28. The van der Waals surface area contributed by atoms with Crippen molar-refractivity contribution in [1.82, 2.24) is 0 Å². The van der Waals surface area contributed by atoms with Gasteiger partial charge in [0, 0.05) is 6.92 Å². The molecule has 14 heavy (non-hydrogen) atoms. The van der Waals surface area contributed by atoms with E-state index in [1.54, 1.807) is 0 Å². The van der Waals surface area contributed by atoms with Gasteiger partial charge in [-0.25, -0.2) is 8.42 Å². The predicted octanol–water partition coefficient (Wildman–Crippen LogP) is -1.69. The van der Waals surface area contributed by atoms with Crippen LogP contribution in [0.2, 0.25) is 0 Å². The van der Waals surface area contributed by atoms with Crippen LogP contribution >= 0.6 is 0 Å². The maximum absolute atomic E-state index is 10.8. The van der Waals surface area contributed by atoms with Crippen molar-refractivity contribution in [2.24, 2.45) is 0 Å². The van der Waals surface area contributed by atoms with Crippen LogP contribution in [0, 0.1) is 0 Å². The van der Waals surface area contributed by atoms with E-state index < -0.39 is 15.5 Å². The van der Waals surface area contributed by atoms with E-state index in [4.69, 9.17) is 10.2 Å². The van der Waals surface area contributed by atoms with Crippen LogP contribution in [0.1, 0.15) is 6.92 Å². The van der Waals surface area contributed by atoms with E-state index in [0.29, 0.717) is 0 Å². The van der Waals surface area contributed by atoms with Gasteiger partial charge in [0.05, 0.1) is 20.3 Å². The van der Waals surface area contributed by atoms with E-state index in [-0.39, 0.29) is 30.8 Å². The molecule has 86 valence electrons. The van der Waals surface area contributed by atoms with Crippen molar-refractivity contribution in [2.45, 2.75) is 12.3 Å². The quantitative estimate of drug-likeness (QED) is 0.417. The molecule has 0 heterocycles. The Kier molecular flexibility index (Phi) is 4.96. The summed E-state index contributed by atoms with van der Waals surface area (Å²) in [7, 11) is -2.88. The molecule has 0 aliphatic rings. The predicted molar refractivity (Wildman–Crippen MR) is 49.2 cm³/mol. The van der Waals surface area contributed by atoms with Gasteiger partial charge in [-0.3, -0.25) is 0 Å². The zero-order valence-corrected chi connectivity index (χ0v) is 9.20. The Morgan fingerprint density at radius 1 is 1.29 bits per heavy atom. The number of aliphatic hydroxyl groups is 2. The van der Waals surface area contributed by atoms with Crippen molar-refractivity contribution in [3.05, 3.63) is 0 Å². The summed E-state index contributed by atoms with van der Waals surface area (Å²) in [5, 5.41) is 16.3. The van der Waals surface area contributed by atoms with Crippen LogP contribution in [0.5, 0.6) is 0 Å². The first-order chi connectivity index (χ1) is 6.28. The third-order valence-electron chi connectivity index (χ3n) is 2.52. The summed E-state index contributed by atoms with van der Waals surface area (Å²) in [6.45, 7) is 1.09. The molecule has 0 spiro atoms. The average molecular weight is 227 g/mol. The second kappa shape index (κ2) is 5.04. The molecule has 1 unspecified atom stereocenters. The van der Waals surface area contributed by atoms with Gasteiger partial charge in [0.2, 0.25) is 0 Å². The number of hydrogen-bond donors (Lipinski definition) is 2. The zero-order valence-electron chi connectivity index (χ0n) is 8.38. The SMILES string of the molecule is CC([N+](C)(CCO)CCO)S(=O)(=O)[O-]. The molecule has 6 nitrogen and oxygen atoms in total. The van der Waals surface area contributed by atoms with E-state index >= 15 is 0 Å². The van der Waals surface area contributed by atoms with Crippen LogP contribution in [0.25, 0.3) is 0 Å². The molecule has 2 N–H and O–H groups in total. The second-order valence-electron chi connectivity index (χ2n) is 3.47. The number of quaternary nitrogens is 1. The lowest BCUT2D eigenvalue weighted by molar-refractivity contribution is -0.919. The van der Waals surface area contributed by atoms with E-state index in [1.165, 1.54) is 14.0 Å². The Morgan fingerprint density at radius 2 is 1.64 bits per heavy atom. The van der Waals surface area contributed by atoms with Gasteiger partial charge in [-0.1, -0.05) is 0 Å². The Hall–Kier alpha value is -0.210. The highest BCUT2D eigenvalue weighted by molar-refractivity contribution is 7.86. The normalized spacial score (nSPS) is 15.5. The highest BCUT2D eigenvalue weighted by Crippen LogP contribution is 2.13. The smallest absolute Gasteiger partial charge is 0.176 e. The van der Waals surface area contributed by atoms with Crippen LogP contribution in [0.4, 0.5) is 0 Å². The molecule has 0 radical (unpaired) electrons. The van der Waals surface area contributed by atoms with Gasteiger partial charge in [0.25, 0.3) is 0 Å². The molecule has 0 bridgehead atoms. The van der Waals surface area contributed by atoms with Crippen LogP contribution in [0.3, 0.4) is 0 Å². The Morgan fingerprint density at radius 3 is 1.86 bits per heavy atom. The minimum atomic E-state index is -4.40. The maximum atomic E-state index is 10.8. The standard InChI is InChI=1S/C7H17NO5S/c1-7(14(11,12)13)8(2,3-5-9)4-6-10/h7,9-10H,3-6H2,1-2H3. The highest BCUT2D eigenvalue weighted by Gasteiger charge is 2.32. The van der Waals surface area contributed by atoms with Gasteiger partial charge in [0.15, 0.2) is 5.37 Å². The number of hydrogen-bond acceptors (Lipinski definition) is 5. The van der Waals surface area contributed by atoms with Crippen molar-refractivity contribution >= 4 is 10.1 Å². The van der Waals surface area contributed by atoms with Gasteiger partial charge >= 0.3 is 0 Å². The van der Waals surface area contributed by atoms with Gasteiger partial charge in [0.1, 0.15) is 23.2 Å². The summed E-state index contributed by atoms with van der Waals surface area (Å²) >= 11 is 0. The lowest BCUT2D eigenvalue weighted by atomic mass is 10.4. The number of nitrogens with zero attached hydrogens (tertiary/aromatic N) is 1. The van der Waals surface area contributed by atoms with Crippen LogP contribution in [-0.4, -0.2) is 66.4 Å². The Bertz CT molecular complexity index is 257. The van der Waals surface area contributed by atoms with E-state index in [0.717, 1.165) is 0 Å². The molecule has 0 aromatic heterocycles. The van der Waals surface area contributed by atoms with Crippen LogP contribution < -0.4 is 0 Å². The minimum absolute atomic E-state index is 0.128. The molecule has 0 rings (SSSR count). The molecule has 0 aromatic rings. The highest BCUT2D eigenvalue weighted by atomic mass is 32.2. The number of likely N-dealkylation sites (N-methyl/N-ethyl adjacent to an activating group) is 1. The van der Waals surface area contributed by atoms with Gasteiger partial charge in [-0.05, 0) is 0 Å². The zero-order chi connectivity index (χ0) is 11.4. The molecule has 0 aromatic carbocycles. The lowest BCUT2D eigenvalue weighted by Gasteiger charge is -2.39. The first kappa shape index (κ1) is 13.8. The average Bonchev–Trinajstić information content (AvgIpc) is 2.02. The molecule has 0 fully saturated rings. The summed E-state index contributed by atoms with van der Waals surface area (Å²) in [6, 6.07) is 0. The molecule has 7 heteroatoms. The van der Waals surface area contributed by atoms with Crippen LogP contribution in [0.15, 0.2) is 0 Å². The van der Waals surface area contributed by atoms with Crippen molar-refractivity contribution < 1.29 is 27.7 Å². The molecule has 1 atom stereocenters. The third kappa shape index (κ3) is 3.50. The maximum Gasteiger partial charge on any atom is 0.176 e. The fourth-order valence-electron chi connectivity index (χ4n) is 1.24. The van der Waals surface area contributed by atoms with Gasteiger partial charge < -0.3 is 19.2 Å². The van der Waals surface area contributed by atoms with Gasteiger partial charge in [-0.15, -0.1) is 0 Å². The fourth-order valence-corrected chi connectivity index (χ4v) is 2.08. The van der Waals surface area contributed by atoms with E-state index in [9.17, 15) is 13.0 Å². The molecular formula is C7H17NO5S. The van der Waals surface area contributed by atoms with Crippen molar-refractivity contribution in [3.63, 3.8) is 0 Å². The summed E-state index contributed by atoms with van der Waals surface area (Å²) in [5.41, 5.74) is 0. The molecule has 0 saturated heterocycles. The fraction of sp³-hybridized carbons (Fsp3) is 1.00. The number of rotatable bonds is 6. The molecule has 0 saturated carbocycles. The molecule has 0 amide bonds. The molecular weight excluding hydrogens is 210 g/mol. The second-order valence-corrected chi connectivity index (χ2v) is 5.13. The summed E-state index contributed by atoms with van der Waals surface area (Å²) in [4.78, 5) is 0. The van der Waals surface area contributed by atoms with Crippen LogP contribution in [-0.2, 0) is 10.1 Å². The molecule has 0 aliphatic carbocycles. The lowest BCUT2D eigenvalue weighted by Crippen LogP contribution is -2.56.